The Bertz CT molecular complexity index is 1100. The van der Waals surface area contributed by atoms with Crippen LogP contribution < -0.4 is 0 Å². The summed E-state index contributed by atoms with van der Waals surface area (Å²) in [4.78, 5) is 2.20. The Balaban J connectivity index is 1.79. The molecule has 29 heavy (non-hydrogen) atoms. The molecule has 1 N–H and O–H groups in total. The number of hydrogen-bond acceptors (Lipinski definition) is 4. The maximum Gasteiger partial charge on any atom is 0.244 e. The SMILES string of the molecule is O=S(=O)(c1ccccc1)N1CC(Sc2ccccc2)=C(c2ccccc2)[C@@H]1CO. The van der Waals surface area contributed by atoms with Gasteiger partial charge < -0.3 is 5.11 Å². The molecule has 3 aromatic rings. The Labute approximate surface area is 175 Å². The van der Waals surface area contributed by atoms with E-state index in [4.69, 9.17) is 0 Å². The van der Waals surface area contributed by atoms with Gasteiger partial charge in [-0.2, -0.15) is 4.31 Å². The van der Waals surface area contributed by atoms with Gasteiger partial charge in [0.05, 0.1) is 17.5 Å². The normalized spacial score (nSPS) is 17.6. The number of aliphatic hydroxyl groups is 1. The van der Waals surface area contributed by atoms with Crippen molar-refractivity contribution >= 4 is 27.4 Å². The molecule has 0 aromatic heterocycles. The van der Waals surface area contributed by atoms with Crippen molar-refractivity contribution < 1.29 is 13.5 Å². The van der Waals surface area contributed by atoms with Gasteiger partial charge in [0.15, 0.2) is 0 Å². The van der Waals surface area contributed by atoms with Gasteiger partial charge in [-0.05, 0) is 35.4 Å². The van der Waals surface area contributed by atoms with E-state index in [-0.39, 0.29) is 18.0 Å². The number of hydrogen-bond donors (Lipinski definition) is 1. The van der Waals surface area contributed by atoms with Crippen molar-refractivity contribution in [2.45, 2.75) is 15.8 Å². The fourth-order valence-corrected chi connectivity index (χ4v) is 6.32. The maximum atomic E-state index is 13.4. The van der Waals surface area contributed by atoms with Crippen LogP contribution >= 0.6 is 11.8 Å². The van der Waals surface area contributed by atoms with Crippen LogP contribution in [0.25, 0.3) is 5.57 Å². The molecule has 1 aliphatic rings. The molecule has 0 unspecified atom stereocenters. The molecular formula is C23H21NO3S2. The molecule has 0 aliphatic carbocycles. The number of aliphatic hydroxyl groups excluding tert-OH is 1. The van der Waals surface area contributed by atoms with Crippen LogP contribution in [-0.4, -0.2) is 37.0 Å². The summed E-state index contributed by atoms with van der Waals surface area (Å²) in [5.41, 5.74) is 1.79. The van der Waals surface area contributed by atoms with Crippen LogP contribution in [0.4, 0.5) is 0 Å². The largest absolute Gasteiger partial charge is 0.394 e. The highest BCUT2D eigenvalue weighted by Gasteiger charge is 2.41. The molecular weight excluding hydrogens is 402 g/mol. The first-order valence-electron chi connectivity index (χ1n) is 9.30. The van der Waals surface area contributed by atoms with Crippen LogP contribution in [0.1, 0.15) is 5.56 Å². The molecule has 0 bridgehead atoms. The number of rotatable bonds is 6. The summed E-state index contributed by atoms with van der Waals surface area (Å²) in [6.45, 7) is -0.0542. The summed E-state index contributed by atoms with van der Waals surface area (Å²) >= 11 is 1.55. The quantitative estimate of drug-likeness (QED) is 0.644. The van der Waals surface area contributed by atoms with Gasteiger partial charge in [0.2, 0.25) is 10.0 Å². The van der Waals surface area contributed by atoms with E-state index >= 15 is 0 Å². The number of benzene rings is 3. The van der Waals surface area contributed by atoms with Crippen LogP contribution in [0.2, 0.25) is 0 Å². The lowest BCUT2D eigenvalue weighted by Crippen LogP contribution is -2.39. The number of sulfonamides is 1. The maximum absolute atomic E-state index is 13.4. The van der Waals surface area contributed by atoms with Crippen molar-refractivity contribution in [1.82, 2.24) is 4.31 Å². The minimum Gasteiger partial charge on any atom is -0.394 e. The van der Waals surface area contributed by atoms with E-state index in [1.807, 2.05) is 60.7 Å². The molecule has 4 rings (SSSR count). The van der Waals surface area contributed by atoms with E-state index in [0.717, 1.165) is 20.9 Å². The standard InChI is InChI=1S/C23H21NO3S2/c25-17-21-23(18-10-4-1-5-11-18)22(28-19-12-6-2-7-13-19)16-24(21)29(26,27)20-14-8-3-9-15-20/h1-15,21,25H,16-17H2/t21-/m0/s1. The molecule has 0 radical (unpaired) electrons. The lowest BCUT2D eigenvalue weighted by Gasteiger charge is -2.25. The molecule has 1 heterocycles. The van der Waals surface area contributed by atoms with Gasteiger partial charge in [0.25, 0.3) is 0 Å². The summed E-state index contributed by atoms with van der Waals surface area (Å²) in [5.74, 6) is 0. The summed E-state index contributed by atoms with van der Waals surface area (Å²) in [5, 5.41) is 10.2. The number of thioether (sulfide) groups is 1. The second-order valence-electron chi connectivity index (χ2n) is 6.68. The average Bonchev–Trinajstić information content (AvgIpc) is 3.14. The molecule has 0 amide bonds. The first kappa shape index (κ1) is 19.9. The molecule has 0 spiro atoms. The van der Waals surface area contributed by atoms with Crippen molar-refractivity contribution in [2.75, 3.05) is 13.2 Å². The van der Waals surface area contributed by atoms with Gasteiger partial charge in [-0.1, -0.05) is 78.5 Å². The summed E-state index contributed by atoms with van der Waals surface area (Å²) in [7, 11) is -3.75. The van der Waals surface area contributed by atoms with Crippen molar-refractivity contribution in [3.8, 4) is 0 Å². The highest BCUT2D eigenvalue weighted by Crippen LogP contribution is 2.43. The zero-order chi connectivity index (χ0) is 20.3. The van der Waals surface area contributed by atoms with E-state index in [1.54, 1.807) is 42.1 Å². The van der Waals surface area contributed by atoms with Gasteiger partial charge >= 0.3 is 0 Å². The Morgan fingerprint density at radius 1 is 0.862 bits per heavy atom. The monoisotopic (exact) mass is 423 g/mol. The second-order valence-corrected chi connectivity index (χ2v) is 9.74. The third-order valence-electron chi connectivity index (χ3n) is 4.87. The average molecular weight is 424 g/mol. The van der Waals surface area contributed by atoms with E-state index < -0.39 is 16.1 Å². The smallest absolute Gasteiger partial charge is 0.244 e. The van der Waals surface area contributed by atoms with Crippen LogP contribution in [0.3, 0.4) is 0 Å². The van der Waals surface area contributed by atoms with Crippen LogP contribution in [-0.2, 0) is 10.0 Å². The fourth-order valence-electron chi connectivity index (χ4n) is 3.52. The summed E-state index contributed by atoms with van der Waals surface area (Å²) in [6, 6.07) is 27.3. The molecule has 0 saturated carbocycles. The van der Waals surface area contributed by atoms with Gasteiger partial charge in [0, 0.05) is 16.3 Å². The van der Waals surface area contributed by atoms with Crippen molar-refractivity contribution in [3.63, 3.8) is 0 Å². The van der Waals surface area contributed by atoms with E-state index in [0.29, 0.717) is 0 Å². The first-order valence-corrected chi connectivity index (χ1v) is 11.6. The minimum absolute atomic E-state index is 0.228. The molecule has 4 nitrogen and oxygen atoms in total. The highest BCUT2D eigenvalue weighted by atomic mass is 32.2. The third-order valence-corrected chi connectivity index (χ3v) is 7.84. The zero-order valence-corrected chi connectivity index (χ0v) is 17.3. The van der Waals surface area contributed by atoms with Crippen LogP contribution in [0.15, 0.2) is 106 Å². The Kier molecular flexibility index (Phi) is 5.87. The highest BCUT2D eigenvalue weighted by molar-refractivity contribution is 8.03. The van der Waals surface area contributed by atoms with Crippen molar-refractivity contribution in [1.29, 1.82) is 0 Å². The number of nitrogens with zero attached hydrogens (tertiary/aromatic N) is 1. The molecule has 1 aliphatic heterocycles. The summed E-state index contributed by atoms with van der Waals surface area (Å²) < 4.78 is 28.1. The fraction of sp³-hybridized carbons (Fsp3) is 0.130. The molecule has 6 heteroatoms. The minimum atomic E-state index is -3.75. The van der Waals surface area contributed by atoms with Gasteiger partial charge in [0.1, 0.15) is 0 Å². The topological polar surface area (TPSA) is 57.6 Å². The Morgan fingerprint density at radius 2 is 1.41 bits per heavy atom. The Hall–Kier alpha value is -2.38. The van der Waals surface area contributed by atoms with Gasteiger partial charge in [-0.15, -0.1) is 0 Å². The zero-order valence-electron chi connectivity index (χ0n) is 15.7. The lowest BCUT2D eigenvalue weighted by molar-refractivity contribution is 0.234. The van der Waals surface area contributed by atoms with E-state index in [1.165, 1.54) is 4.31 Å². The van der Waals surface area contributed by atoms with Crippen LogP contribution in [0, 0.1) is 0 Å². The summed E-state index contributed by atoms with van der Waals surface area (Å²) in [6.07, 6.45) is 0. The molecule has 0 fully saturated rings. The van der Waals surface area contributed by atoms with E-state index in [2.05, 4.69) is 0 Å². The molecule has 1 atom stereocenters. The van der Waals surface area contributed by atoms with E-state index in [9.17, 15) is 13.5 Å². The molecule has 3 aromatic carbocycles. The van der Waals surface area contributed by atoms with Gasteiger partial charge in [-0.25, -0.2) is 8.42 Å². The van der Waals surface area contributed by atoms with Crippen molar-refractivity contribution in [3.05, 3.63) is 101 Å². The van der Waals surface area contributed by atoms with Gasteiger partial charge in [-0.3, -0.25) is 0 Å². The lowest BCUT2D eigenvalue weighted by atomic mass is 10.0. The second kappa shape index (κ2) is 8.55. The molecule has 0 saturated heterocycles. The predicted octanol–water partition coefficient (Wildman–Crippen LogP) is 4.26. The van der Waals surface area contributed by atoms with Crippen molar-refractivity contribution in [2.24, 2.45) is 0 Å². The Morgan fingerprint density at radius 3 is 2.00 bits per heavy atom. The first-order chi connectivity index (χ1) is 14.1. The van der Waals surface area contributed by atoms with Crippen LogP contribution in [0.5, 0.6) is 0 Å². The molecule has 148 valence electrons. The third kappa shape index (κ3) is 4.02. The predicted molar refractivity (Wildman–Crippen MR) is 117 cm³/mol.